The fourth-order valence-electron chi connectivity index (χ4n) is 2.46. The van der Waals surface area contributed by atoms with Crippen molar-refractivity contribution in [3.05, 3.63) is 0 Å². The Balaban J connectivity index is 2.30. The summed E-state index contributed by atoms with van der Waals surface area (Å²) in [5, 5.41) is 9.06. The molecule has 4 heteroatoms. The van der Waals surface area contributed by atoms with Gasteiger partial charge < -0.3 is 14.7 Å². The van der Waals surface area contributed by atoms with Gasteiger partial charge in [-0.05, 0) is 52.1 Å². The molecule has 1 heterocycles. The highest BCUT2D eigenvalue weighted by Crippen LogP contribution is 2.24. The molecule has 0 aromatic carbocycles. The fourth-order valence-corrected chi connectivity index (χ4v) is 2.46. The van der Waals surface area contributed by atoms with Crippen LogP contribution < -0.4 is 0 Å². The van der Waals surface area contributed by atoms with Crippen molar-refractivity contribution in [3.8, 4) is 0 Å². The van der Waals surface area contributed by atoms with Crippen LogP contribution in [0, 0.1) is 11.3 Å². The average Bonchev–Trinajstić information content (AvgIpc) is 2.31. The summed E-state index contributed by atoms with van der Waals surface area (Å²) in [6.07, 6.45) is 3.16. The largest absolute Gasteiger partial charge is 0.481 e. The van der Waals surface area contributed by atoms with Gasteiger partial charge in [0, 0.05) is 13.7 Å². The molecule has 0 spiro atoms. The lowest BCUT2D eigenvalue weighted by Crippen LogP contribution is -2.44. The van der Waals surface area contributed by atoms with Crippen LogP contribution in [0.2, 0.25) is 0 Å². The summed E-state index contributed by atoms with van der Waals surface area (Å²) in [5.74, 6) is -0.0776. The Bertz CT molecular complexity index is 278. The minimum Gasteiger partial charge on any atom is -0.481 e. The lowest BCUT2D eigenvalue weighted by molar-refractivity contribution is -0.147. The molecule has 0 saturated carbocycles. The molecule has 106 valence electrons. The number of ether oxygens (including phenoxy) is 1. The van der Waals surface area contributed by atoms with Crippen LogP contribution in [0.5, 0.6) is 0 Å². The van der Waals surface area contributed by atoms with E-state index in [1.165, 1.54) is 6.42 Å². The fraction of sp³-hybridized carbons (Fsp3) is 0.929. The Morgan fingerprint density at radius 2 is 2.17 bits per heavy atom. The van der Waals surface area contributed by atoms with Crippen molar-refractivity contribution in [1.29, 1.82) is 0 Å². The van der Waals surface area contributed by atoms with Crippen molar-refractivity contribution in [2.24, 2.45) is 11.3 Å². The SMILES string of the molecule is COC1CN(CCCC(C)(C)C(=O)O)CCC1C. The third kappa shape index (κ3) is 4.25. The van der Waals surface area contributed by atoms with E-state index in [1.54, 1.807) is 21.0 Å². The molecule has 2 unspecified atom stereocenters. The molecule has 0 aromatic heterocycles. The van der Waals surface area contributed by atoms with Crippen LogP contribution in [0.25, 0.3) is 0 Å². The summed E-state index contributed by atoms with van der Waals surface area (Å²) in [7, 11) is 1.78. The minimum atomic E-state index is -0.704. The molecule has 0 amide bonds. The second-order valence-corrected chi connectivity index (χ2v) is 6.13. The van der Waals surface area contributed by atoms with Gasteiger partial charge in [-0.1, -0.05) is 6.92 Å². The minimum absolute atomic E-state index is 0.325. The molecular formula is C14H27NO3. The van der Waals surface area contributed by atoms with E-state index in [-0.39, 0.29) is 0 Å². The van der Waals surface area contributed by atoms with Crippen LogP contribution in [0.15, 0.2) is 0 Å². The molecule has 1 saturated heterocycles. The predicted octanol–water partition coefficient (Wildman–Crippen LogP) is 2.23. The third-order valence-corrected chi connectivity index (χ3v) is 4.13. The van der Waals surface area contributed by atoms with Crippen molar-refractivity contribution in [3.63, 3.8) is 0 Å². The maximum atomic E-state index is 11.0. The van der Waals surface area contributed by atoms with Gasteiger partial charge in [0.2, 0.25) is 0 Å². The Morgan fingerprint density at radius 3 is 2.72 bits per heavy atom. The number of carboxylic acid groups (broad SMARTS) is 1. The van der Waals surface area contributed by atoms with E-state index in [0.29, 0.717) is 12.0 Å². The number of hydrogen-bond donors (Lipinski definition) is 1. The molecular weight excluding hydrogens is 230 g/mol. The number of carboxylic acids is 1. The van der Waals surface area contributed by atoms with E-state index in [4.69, 9.17) is 9.84 Å². The first-order chi connectivity index (χ1) is 8.36. The normalized spacial score (nSPS) is 26.2. The van der Waals surface area contributed by atoms with Gasteiger partial charge in [-0.15, -0.1) is 0 Å². The molecule has 1 aliphatic rings. The maximum absolute atomic E-state index is 11.0. The second-order valence-electron chi connectivity index (χ2n) is 6.13. The van der Waals surface area contributed by atoms with E-state index >= 15 is 0 Å². The summed E-state index contributed by atoms with van der Waals surface area (Å²) in [4.78, 5) is 13.4. The number of hydrogen-bond acceptors (Lipinski definition) is 3. The first-order valence-electron chi connectivity index (χ1n) is 6.85. The number of nitrogens with zero attached hydrogens (tertiary/aromatic N) is 1. The van der Waals surface area contributed by atoms with Crippen LogP contribution in [0.3, 0.4) is 0 Å². The standard InChI is InChI=1S/C14H27NO3/c1-11-6-9-15(10-12(11)18-4)8-5-7-14(2,3)13(16)17/h11-12H,5-10H2,1-4H3,(H,16,17). The average molecular weight is 257 g/mol. The second kappa shape index (κ2) is 6.53. The zero-order valence-electron chi connectivity index (χ0n) is 12.1. The number of rotatable bonds is 6. The Kier molecular flexibility index (Phi) is 5.60. The molecule has 18 heavy (non-hydrogen) atoms. The molecule has 0 aromatic rings. The Morgan fingerprint density at radius 1 is 1.50 bits per heavy atom. The van der Waals surface area contributed by atoms with Crippen molar-refractivity contribution in [1.82, 2.24) is 4.90 Å². The van der Waals surface area contributed by atoms with Crippen LogP contribution in [-0.2, 0) is 9.53 Å². The lowest BCUT2D eigenvalue weighted by Gasteiger charge is -2.36. The first kappa shape index (κ1) is 15.4. The van der Waals surface area contributed by atoms with Crippen LogP contribution in [-0.4, -0.2) is 48.8 Å². The van der Waals surface area contributed by atoms with E-state index < -0.39 is 11.4 Å². The van der Waals surface area contributed by atoms with Gasteiger partial charge in [0.15, 0.2) is 0 Å². The van der Waals surface area contributed by atoms with Crippen molar-refractivity contribution < 1.29 is 14.6 Å². The third-order valence-electron chi connectivity index (χ3n) is 4.13. The predicted molar refractivity (Wildman–Crippen MR) is 71.7 cm³/mol. The lowest BCUT2D eigenvalue weighted by atomic mass is 9.87. The van der Waals surface area contributed by atoms with Crippen molar-refractivity contribution >= 4 is 5.97 Å². The number of aliphatic carboxylic acids is 1. The van der Waals surface area contributed by atoms with Crippen molar-refractivity contribution in [2.75, 3.05) is 26.7 Å². The summed E-state index contributed by atoms with van der Waals surface area (Å²) in [6, 6.07) is 0. The van der Waals surface area contributed by atoms with E-state index in [0.717, 1.165) is 32.5 Å². The topological polar surface area (TPSA) is 49.8 Å². The summed E-state index contributed by atoms with van der Waals surface area (Å²) in [6.45, 7) is 8.89. The molecule has 0 bridgehead atoms. The van der Waals surface area contributed by atoms with Crippen molar-refractivity contribution in [2.45, 2.75) is 46.1 Å². The highest BCUT2D eigenvalue weighted by Gasteiger charge is 2.28. The summed E-state index contributed by atoms with van der Waals surface area (Å²) in [5.41, 5.74) is -0.607. The van der Waals surface area contributed by atoms with Gasteiger partial charge in [-0.2, -0.15) is 0 Å². The van der Waals surface area contributed by atoms with Gasteiger partial charge in [0.1, 0.15) is 0 Å². The molecule has 1 rings (SSSR count). The maximum Gasteiger partial charge on any atom is 0.309 e. The molecule has 1 N–H and O–H groups in total. The van der Waals surface area contributed by atoms with Crippen LogP contribution in [0.1, 0.15) is 40.0 Å². The zero-order valence-corrected chi connectivity index (χ0v) is 12.1. The molecule has 4 nitrogen and oxygen atoms in total. The van der Waals surface area contributed by atoms with Gasteiger partial charge in [-0.3, -0.25) is 4.79 Å². The highest BCUT2D eigenvalue weighted by molar-refractivity contribution is 5.73. The van der Waals surface area contributed by atoms with Gasteiger partial charge in [-0.25, -0.2) is 0 Å². The molecule has 1 aliphatic heterocycles. The quantitative estimate of drug-likeness (QED) is 0.793. The molecule has 2 atom stereocenters. The molecule has 0 aliphatic carbocycles. The number of methoxy groups -OCH3 is 1. The monoisotopic (exact) mass is 257 g/mol. The van der Waals surface area contributed by atoms with E-state index in [9.17, 15) is 4.79 Å². The highest BCUT2D eigenvalue weighted by atomic mass is 16.5. The first-order valence-corrected chi connectivity index (χ1v) is 6.85. The molecule has 1 fully saturated rings. The Hall–Kier alpha value is -0.610. The number of likely N-dealkylation sites (tertiary alicyclic amines) is 1. The molecule has 0 radical (unpaired) electrons. The van der Waals surface area contributed by atoms with Gasteiger partial charge in [0.25, 0.3) is 0 Å². The number of carbonyl (C=O) groups is 1. The smallest absolute Gasteiger partial charge is 0.309 e. The van der Waals surface area contributed by atoms with Crippen LogP contribution in [0.4, 0.5) is 0 Å². The Labute approximate surface area is 110 Å². The summed E-state index contributed by atoms with van der Waals surface area (Å²) >= 11 is 0. The summed E-state index contributed by atoms with van der Waals surface area (Å²) < 4.78 is 5.48. The van der Waals surface area contributed by atoms with E-state index in [1.807, 2.05) is 0 Å². The van der Waals surface area contributed by atoms with Crippen LogP contribution >= 0.6 is 0 Å². The van der Waals surface area contributed by atoms with E-state index in [2.05, 4.69) is 11.8 Å². The van der Waals surface area contributed by atoms with Gasteiger partial charge in [0.05, 0.1) is 11.5 Å². The zero-order chi connectivity index (χ0) is 13.8. The van der Waals surface area contributed by atoms with Gasteiger partial charge >= 0.3 is 5.97 Å². The number of piperidine rings is 1.